The van der Waals surface area contributed by atoms with Gasteiger partial charge in [0.15, 0.2) is 5.58 Å². The summed E-state index contributed by atoms with van der Waals surface area (Å²) in [5, 5.41) is -0.212. The van der Waals surface area contributed by atoms with Crippen molar-refractivity contribution < 1.29 is 21.3 Å². The van der Waals surface area contributed by atoms with E-state index in [-0.39, 0.29) is 22.6 Å². The third-order valence-corrected chi connectivity index (χ3v) is 9.33. The highest BCUT2D eigenvalue weighted by Gasteiger charge is 2.41. The molecule has 154 valence electrons. The number of aromatic nitrogens is 1. The Morgan fingerprint density at radius 1 is 1.11 bits per heavy atom. The molecule has 4 rings (SSSR count). The predicted molar refractivity (Wildman–Crippen MR) is 103 cm³/mol. The van der Waals surface area contributed by atoms with Crippen molar-refractivity contribution in [3.63, 3.8) is 0 Å². The van der Waals surface area contributed by atoms with Crippen LogP contribution in [0, 0.1) is 5.92 Å². The maximum Gasteiger partial charge on any atom is 0.419 e. The molecule has 1 aliphatic heterocycles. The number of hydrogen-bond donors (Lipinski definition) is 1. The van der Waals surface area contributed by atoms with Gasteiger partial charge in [0.25, 0.3) is 0 Å². The molecule has 1 aromatic heterocycles. The van der Waals surface area contributed by atoms with Crippen LogP contribution in [0.1, 0.15) is 25.7 Å². The highest BCUT2D eigenvalue weighted by molar-refractivity contribution is 7.90. The van der Waals surface area contributed by atoms with Gasteiger partial charge < -0.3 is 4.42 Å². The first-order valence-corrected chi connectivity index (χ1v) is 12.3. The third kappa shape index (κ3) is 3.63. The zero-order chi connectivity index (χ0) is 20.1. The number of aryl methyl sites for hydroxylation is 1. The Kier molecular flexibility index (Phi) is 4.89. The number of piperidine rings is 1. The van der Waals surface area contributed by atoms with Crippen molar-refractivity contribution >= 4 is 31.1 Å². The molecule has 1 saturated heterocycles. The Hall–Kier alpha value is -1.69. The molecule has 11 heteroatoms. The van der Waals surface area contributed by atoms with E-state index in [9.17, 15) is 21.6 Å². The predicted octanol–water partition coefficient (Wildman–Crippen LogP) is 0.614. The topological polar surface area (TPSA) is 119 Å². The second-order valence-corrected chi connectivity index (χ2v) is 11.5. The Morgan fingerprint density at radius 3 is 2.43 bits per heavy atom. The molecule has 0 bridgehead atoms. The summed E-state index contributed by atoms with van der Waals surface area (Å²) in [6, 6.07) is 4.28. The minimum Gasteiger partial charge on any atom is -0.408 e. The van der Waals surface area contributed by atoms with Crippen LogP contribution < -0.4 is 10.5 Å². The van der Waals surface area contributed by atoms with E-state index >= 15 is 0 Å². The second kappa shape index (κ2) is 6.97. The SMILES string of the molecule is Cn1c(=O)oc2ccc(S(=O)(=O)NCC3CCN(S(=O)(=O)C4CC4)CC3)cc21. The molecule has 0 amide bonds. The van der Waals surface area contributed by atoms with E-state index in [1.165, 1.54) is 29.8 Å². The van der Waals surface area contributed by atoms with E-state index in [2.05, 4.69) is 4.72 Å². The van der Waals surface area contributed by atoms with Gasteiger partial charge in [0.1, 0.15) is 0 Å². The van der Waals surface area contributed by atoms with E-state index in [1.807, 2.05) is 0 Å². The van der Waals surface area contributed by atoms with Gasteiger partial charge in [-0.05, 0) is 49.8 Å². The van der Waals surface area contributed by atoms with Crippen molar-refractivity contribution in [3.05, 3.63) is 28.7 Å². The lowest BCUT2D eigenvalue weighted by Gasteiger charge is -2.31. The molecular formula is C17H23N3O6S2. The smallest absolute Gasteiger partial charge is 0.408 e. The quantitative estimate of drug-likeness (QED) is 0.719. The van der Waals surface area contributed by atoms with E-state index in [0.717, 1.165) is 12.8 Å². The largest absolute Gasteiger partial charge is 0.419 e. The van der Waals surface area contributed by atoms with Gasteiger partial charge in [0, 0.05) is 26.7 Å². The lowest BCUT2D eigenvalue weighted by atomic mass is 9.99. The normalized spacial score (nSPS) is 20.0. The average Bonchev–Trinajstić information content (AvgIpc) is 3.48. The van der Waals surface area contributed by atoms with E-state index in [4.69, 9.17) is 4.42 Å². The Morgan fingerprint density at radius 2 is 1.79 bits per heavy atom. The van der Waals surface area contributed by atoms with Crippen molar-refractivity contribution in [2.75, 3.05) is 19.6 Å². The molecule has 1 saturated carbocycles. The third-order valence-electron chi connectivity index (χ3n) is 5.51. The van der Waals surface area contributed by atoms with Crippen LogP contribution in [0.25, 0.3) is 11.1 Å². The van der Waals surface area contributed by atoms with Crippen LogP contribution in [-0.4, -0.2) is 50.6 Å². The average molecular weight is 430 g/mol. The zero-order valence-corrected chi connectivity index (χ0v) is 17.1. The molecule has 9 nitrogen and oxygen atoms in total. The Bertz CT molecular complexity index is 1150. The molecule has 28 heavy (non-hydrogen) atoms. The highest BCUT2D eigenvalue weighted by Crippen LogP contribution is 2.33. The molecule has 1 aromatic carbocycles. The molecule has 2 heterocycles. The van der Waals surface area contributed by atoms with Crippen molar-refractivity contribution in [2.45, 2.75) is 35.8 Å². The van der Waals surface area contributed by atoms with E-state index < -0.39 is 25.8 Å². The molecule has 0 unspecified atom stereocenters. The first-order chi connectivity index (χ1) is 13.2. The van der Waals surface area contributed by atoms with Gasteiger partial charge in [-0.1, -0.05) is 0 Å². The number of sulfonamides is 2. The number of oxazole rings is 1. The zero-order valence-electron chi connectivity index (χ0n) is 15.5. The maximum atomic E-state index is 12.6. The summed E-state index contributed by atoms with van der Waals surface area (Å²) in [6.45, 7) is 1.13. The maximum absolute atomic E-state index is 12.6. The molecular weight excluding hydrogens is 406 g/mol. The van der Waals surface area contributed by atoms with Gasteiger partial charge in [-0.3, -0.25) is 4.57 Å². The van der Waals surface area contributed by atoms with Crippen molar-refractivity contribution in [2.24, 2.45) is 13.0 Å². The fraction of sp³-hybridized carbons (Fsp3) is 0.588. The van der Waals surface area contributed by atoms with Crippen molar-refractivity contribution in [1.29, 1.82) is 0 Å². The Balaban J connectivity index is 1.39. The summed E-state index contributed by atoms with van der Waals surface area (Å²) in [5.41, 5.74) is 0.738. The molecule has 2 aliphatic rings. The van der Waals surface area contributed by atoms with E-state index in [0.29, 0.717) is 37.0 Å². The van der Waals surface area contributed by atoms with Gasteiger partial charge in [-0.15, -0.1) is 0 Å². The fourth-order valence-corrected chi connectivity index (χ4v) is 6.54. The highest BCUT2D eigenvalue weighted by atomic mass is 32.2. The minimum atomic E-state index is -3.74. The number of hydrogen-bond acceptors (Lipinski definition) is 6. The van der Waals surface area contributed by atoms with Gasteiger partial charge in [0.05, 0.1) is 15.7 Å². The van der Waals surface area contributed by atoms with Crippen LogP contribution in [0.3, 0.4) is 0 Å². The van der Waals surface area contributed by atoms with Gasteiger partial charge in [-0.2, -0.15) is 0 Å². The fourth-order valence-electron chi connectivity index (χ4n) is 3.53. The summed E-state index contributed by atoms with van der Waals surface area (Å²) < 4.78 is 60.2. The minimum absolute atomic E-state index is 0.0603. The summed E-state index contributed by atoms with van der Waals surface area (Å²) in [5.74, 6) is -0.465. The van der Waals surface area contributed by atoms with Gasteiger partial charge in [-0.25, -0.2) is 30.7 Å². The number of fused-ring (bicyclic) bond motifs is 1. The lowest BCUT2D eigenvalue weighted by Crippen LogP contribution is -2.42. The summed E-state index contributed by atoms with van der Waals surface area (Å²) in [4.78, 5) is 11.6. The molecule has 1 N–H and O–H groups in total. The molecule has 0 spiro atoms. The van der Waals surface area contributed by atoms with Crippen LogP contribution in [0.4, 0.5) is 0 Å². The molecule has 0 radical (unpaired) electrons. The first-order valence-electron chi connectivity index (χ1n) is 9.27. The van der Waals surface area contributed by atoms with Gasteiger partial charge >= 0.3 is 5.76 Å². The van der Waals surface area contributed by atoms with Gasteiger partial charge in [0.2, 0.25) is 20.0 Å². The van der Waals surface area contributed by atoms with Crippen LogP contribution in [0.5, 0.6) is 0 Å². The number of nitrogens with zero attached hydrogens (tertiary/aromatic N) is 2. The van der Waals surface area contributed by atoms with Crippen LogP contribution >= 0.6 is 0 Å². The van der Waals surface area contributed by atoms with Crippen LogP contribution in [0.15, 0.2) is 32.3 Å². The van der Waals surface area contributed by atoms with Crippen LogP contribution in [-0.2, 0) is 27.1 Å². The summed E-state index contributed by atoms with van der Waals surface area (Å²) in [6.07, 6.45) is 2.75. The number of rotatable bonds is 6. The van der Waals surface area contributed by atoms with Crippen molar-refractivity contribution in [1.82, 2.24) is 13.6 Å². The molecule has 2 fully saturated rings. The number of nitrogens with one attached hydrogen (secondary N) is 1. The van der Waals surface area contributed by atoms with Crippen molar-refractivity contribution in [3.8, 4) is 0 Å². The Labute approximate surface area is 163 Å². The standard InChI is InChI=1S/C17H23N3O6S2/c1-19-15-10-14(4-5-16(15)26-17(19)21)27(22,23)18-11-12-6-8-20(9-7-12)28(24,25)13-2-3-13/h4-5,10,12-13,18H,2-3,6-9,11H2,1H3. The van der Waals surface area contributed by atoms with E-state index in [1.54, 1.807) is 4.31 Å². The molecule has 0 atom stereocenters. The second-order valence-electron chi connectivity index (χ2n) is 7.50. The lowest BCUT2D eigenvalue weighted by molar-refractivity contribution is 0.274. The molecule has 2 aromatic rings. The number of benzene rings is 1. The van der Waals surface area contributed by atoms with Crippen LogP contribution in [0.2, 0.25) is 0 Å². The summed E-state index contributed by atoms with van der Waals surface area (Å²) >= 11 is 0. The first kappa shape index (κ1) is 19.6. The monoisotopic (exact) mass is 429 g/mol. The summed E-state index contributed by atoms with van der Waals surface area (Å²) in [7, 11) is -5.39. The molecule has 1 aliphatic carbocycles.